The van der Waals surface area contributed by atoms with Crippen LogP contribution in [0.2, 0.25) is 0 Å². The summed E-state index contributed by atoms with van der Waals surface area (Å²) in [4.78, 5) is 12.8. The highest BCUT2D eigenvalue weighted by atomic mass is 16.5. The average Bonchev–Trinajstić information content (AvgIpc) is 2.84. The molecule has 1 aromatic heterocycles. The second-order valence-electron chi connectivity index (χ2n) is 7.40. The molecule has 0 atom stereocenters. The molecular weight excluding hydrogens is 416 g/mol. The number of carbonyl (C=O) groups is 1. The first-order valence-corrected chi connectivity index (χ1v) is 10.4. The van der Waals surface area contributed by atoms with Gasteiger partial charge in [-0.25, -0.2) is 0 Å². The minimum absolute atomic E-state index is 0.244. The summed E-state index contributed by atoms with van der Waals surface area (Å²) < 4.78 is 10.5. The molecule has 4 rings (SSSR count). The van der Waals surface area contributed by atoms with Gasteiger partial charge in [-0.3, -0.25) is 4.79 Å². The molecular formula is C26H24N4O3. The van der Waals surface area contributed by atoms with Crippen molar-refractivity contribution in [3.05, 3.63) is 90.0 Å². The lowest BCUT2D eigenvalue weighted by molar-refractivity contribution is 0.102. The van der Waals surface area contributed by atoms with Crippen LogP contribution in [0.5, 0.6) is 11.5 Å². The Labute approximate surface area is 192 Å². The van der Waals surface area contributed by atoms with Crippen LogP contribution in [0.1, 0.15) is 15.9 Å². The van der Waals surface area contributed by atoms with Gasteiger partial charge in [-0.1, -0.05) is 29.8 Å². The van der Waals surface area contributed by atoms with Gasteiger partial charge >= 0.3 is 0 Å². The van der Waals surface area contributed by atoms with Gasteiger partial charge in [0.25, 0.3) is 5.91 Å². The van der Waals surface area contributed by atoms with Crippen molar-refractivity contribution < 1.29 is 14.3 Å². The van der Waals surface area contributed by atoms with Crippen molar-refractivity contribution in [1.29, 1.82) is 0 Å². The maximum absolute atomic E-state index is 12.8. The summed E-state index contributed by atoms with van der Waals surface area (Å²) in [5.41, 5.74) is 4.81. The van der Waals surface area contributed by atoms with E-state index in [1.165, 1.54) is 5.56 Å². The zero-order chi connectivity index (χ0) is 23.2. The Bertz CT molecular complexity index is 1270. The molecule has 0 spiro atoms. The number of benzene rings is 3. The third-order valence-electron chi connectivity index (χ3n) is 5.02. The van der Waals surface area contributed by atoms with E-state index in [4.69, 9.17) is 9.47 Å². The number of anilines is 3. The van der Waals surface area contributed by atoms with E-state index < -0.39 is 0 Å². The summed E-state index contributed by atoms with van der Waals surface area (Å²) >= 11 is 0. The maximum atomic E-state index is 12.8. The number of amides is 1. The quantitative estimate of drug-likeness (QED) is 0.397. The Morgan fingerprint density at radius 3 is 2.33 bits per heavy atom. The molecule has 0 fully saturated rings. The average molecular weight is 441 g/mol. The van der Waals surface area contributed by atoms with Crippen molar-refractivity contribution >= 4 is 23.1 Å². The van der Waals surface area contributed by atoms with Crippen LogP contribution in [0.15, 0.2) is 78.9 Å². The highest BCUT2D eigenvalue weighted by Gasteiger charge is 2.10. The molecule has 0 radical (unpaired) electrons. The van der Waals surface area contributed by atoms with E-state index in [0.29, 0.717) is 28.6 Å². The molecule has 166 valence electrons. The Morgan fingerprint density at radius 1 is 0.788 bits per heavy atom. The van der Waals surface area contributed by atoms with Gasteiger partial charge < -0.3 is 20.1 Å². The third-order valence-corrected chi connectivity index (χ3v) is 5.02. The number of methoxy groups -OCH3 is 2. The standard InChI is InChI=1S/C26H24N4O3/c1-17-6-4-7-18(14-17)22-11-13-25(30-29-22)27-20-9-5-8-19(15-20)26(31)28-21-10-12-23(32-2)24(16-21)33-3/h4-16H,1-3H3,(H,27,30)(H,28,31). The number of aryl methyl sites for hydroxylation is 1. The maximum Gasteiger partial charge on any atom is 0.255 e. The third kappa shape index (κ3) is 5.27. The van der Waals surface area contributed by atoms with Crippen LogP contribution in [-0.2, 0) is 0 Å². The molecule has 1 amide bonds. The number of aromatic nitrogens is 2. The van der Waals surface area contributed by atoms with E-state index in [1.54, 1.807) is 50.6 Å². The molecule has 2 N–H and O–H groups in total. The van der Waals surface area contributed by atoms with Gasteiger partial charge in [0.2, 0.25) is 0 Å². The van der Waals surface area contributed by atoms with Gasteiger partial charge in [-0.2, -0.15) is 0 Å². The summed E-state index contributed by atoms with van der Waals surface area (Å²) in [6, 6.07) is 24.3. The summed E-state index contributed by atoms with van der Waals surface area (Å²) in [5.74, 6) is 1.48. The second kappa shape index (κ2) is 9.82. The molecule has 7 heteroatoms. The van der Waals surface area contributed by atoms with Crippen molar-refractivity contribution in [3.8, 4) is 22.8 Å². The van der Waals surface area contributed by atoms with Gasteiger partial charge in [-0.15, -0.1) is 10.2 Å². The highest BCUT2D eigenvalue weighted by Crippen LogP contribution is 2.30. The molecule has 0 saturated carbocycles. The topological polar surface area (TPSA) is 85.4 Å². The van der Waals surface area contributed by atoms with Crippen molar-refractivity contribution in [2.75, 3.05) is 24.9 Å². The van der Waals surface area contributed by atoms with E-state index in [2.05, 4.69) is 26.9 Å². The normalized spacial score (nSPS) is 10.4. The minimum atomic E-state index is -0.244. The van der Waals surface area contributed by atoms with E-state index in [1.807, 2.05) is 43.3 Å². The molecule has 1 heterocycles. The van der Waals surface area contributed by atoms with Gasteiger partial charge in [0.1, 0.15) is 0 Å². The zero-order valence-corrected chi connectivity index (χ0v) is 18.6. The molecule has 0 saturated heterocycles. The van der Waals surface area contributed by atoms with Gasteiger partial charge in [0, 0.05) is 28.6 Å². The van der Waals surface area contributed by atoms with Crippen molar-refractivity contribution in [2.24, 2.45) is 0 Å². The molecule has 0 aliphatic carbocycles. The Kier molecular flexibility index (Phi) is 6.50. The Morgan fingerprint density at radius 2 is 1.61 bits per heavy atom. The van der Waals surface area contributed by atoms with Crippen LogP contribution in [0.3, 0.4) is 0 Å². The number of ether oxygens (including phenoxy) is 2. The van der Waals surface area contributed by atoms with Gasteiger partial charge in [0.05, 0.1) is 19.9 Å². The summed E-state index contributed by atoms with van der Waals surface area (Å²) in [5, 5.41) is 14.7. The Hall–Kier alpha value is -4.39. The number of hydrogen-bond donors (Lipinski definition) is 2. The molecule has 7 nitrogen and oxygen atoms in total. The van der Waals surface area contributed by atoms with Crippen LogP contribution in [0.4, 0.5) is 17.2 Å². The molecule has 0 bridgehead atoms. The van der Waals surface area contributed by atoms with Crippen LogP contribution in [0.25, 0.3) is 11.3 Å². The van der Waals surface area contributed by atoms with Crippen molar-refractivity contribution in [1.82, 2.24) is 10.2 Å². The number of hydrogen-bond acceptors (Lipinski definition) is 6. The largest absolute Gasteiger partial charge is 0.493 e. The predicted octanol–water partition coefficient (Wildman–Crippen LogP) is 5.47. The van der Waals surface area contributed by atoms with Crippen LogP contribution < -0.4 is 20.1 Å². The van der Waals surface area contributed by atoms with Crippen LogP contribution in [0, 0.1) is 6.92 Å². The molecule has 4 aromatic rings. The predicted molar refractivity (Wildman–Crippen MR) is 129 cm³/mol. The lowest BCUT2D eigenvalue weighted by atomic mass is 10.1. The fourth-order valence-corrected chi connectivity index (χ4v) is 3.36. The molecule has 0 aliphatic rings. The number of nitrogens with zero attached hydrogens (tertiary/aromatic N) is 2. The van der Waals surface area contributed by atoms with Gasteiger partial charge in [0.15, 0.2) is 17.3 Å². The molecule has 0 aliphatic heterocycles. The number of carbonyl (C=O) groups excluding carboxylic acids is 1. The number of nitrogens with one attached hydrogen (secondary N) is 2. The minimum Gasteiger partial charge on any atom is -0.493 e. The fraction of sp³-hybridized carbons (Fsp3) is 0.115. The first-order chi connectivity index (χ1) is 16.1. The smallest absolute Gasteiger partial charge is 0.255 e. The van der Waals surface area contributed by atoms with E-state index in [-0.39, 0.29) is 5.91 Å². The fourth-order valence-electron chi connectivity index (χ4n) is 3.36. The summed E-state index contributed by atoms with van der Waals surface area (Å²) in [6.07, 6.45) is 0. The monoisotopic (exact) mass is 440 g/mol. The second-order valence-corrected chi connectivity index (χ2v) is 7.40. The van der Waals surface area contributed by atoms with E-state index >= 15 is 0 Å². The summed E-state index contributed by atoms with van der Waals surface area (Å²) in [6.45, 7) is 2.04. The van der Waals surface area contributed by atoms with E-state index in [9.17, 15) is 4.79 Å². The van der Waals surface area contributed by atoms with Crippen LogP contribution >= 0.6 is 0 Å². The SMILES string of the molecule is COc1ccc(NC(=O)c2cccc(Nc3ccc(-c4cccc(C)c4)nn3)c2)cc1OC. The molecule has 33 heavy (non-hydrogen) atoms. The highest BCUT2D eigenvalue weighted by molar-refractivity contribution is 6.05. The molecule has 3 aromatic carbocycles. The van der Waals surface area contributed by atoms with Crippen LogP contribution in [-0.4, -0.2) is 30.3 Å². The van der Waals surface area contributed by atoms with Crippen molar-refractivity contribution in [3.63, 3.8) is 0 Å². The first kappa shape index (κ1) is 21.8. The van der Waals surface area contributed by atoms with Crippen molar-refractivity contribution in [2.45, 2.75) is 6.92 Å². The Balaban J connectivity index is 1.46. The lowest BCUT2D eigenvalue weighted by Gasteiger charge is -2.11. The number of rotatable bonds is 7. The lowest BCUT2D eigenvalue weighted by Crippen LogP contribution is -2.12. The zero-order valence-electron chi connectivity index (χ0n) is 18.6. The first-order valence-electron chi connectivity index (χ1n) is 10.4. The molecule has 0 unspecified atom stereocenters. The van der Waals surface area contributed by atoms with E-state index in [0.717, 1.165) is 16.9 Å². The van der Waals surface area contributed by atoms with Gasteiger partial charge in [-0.05, 0) is 55.5 Å². The summed E-state index contributed by atoms with van der Waals surface area (Å²) in [7, 11) is 3.12.